The summed E-state index contributed by atoms with van der Waals surface area (Å²) in [5.41, 5.74) is 7.94. The molecule has 4 aromatic rings. The number of rotatable bonds is 2. The fourth-order valence-corrected chi connectivity index (χ4v) is 5.28. The maximum Gasteiger partial charge on any atom is 0.256 e. The number of carbonyl (C=O) groups is 1. The quantitative estimate of drug-likeness (QED) is 0.483. The zero-order chi connectivity index (χ0) is 20.9. The Morgan fingerprint density at radius 3 is 2.94 bits per heavy atom. The molecule has 2 aliphatic rings. The van der Waals surface area contributed by atoms with E-state index < -0.39 is 0 Å². The Kier molecular flexibility index (Phi) is 4.23. The number of aromatic amines is 2. The summed E-state index contributed by atoms with van der Waals surface area (Å²) in [7, 11) is 0. The highest BCUT2D eigenvalue weighted by Gasteiger charge is 2.25. The Morgan fingerprint density at radius 2 is 2.06 bits per heavy atom. The first-order chi connectivity index (χ1) is 15.2. The SMILES string of the molecule is CC1CCc2[nH]c3c(C(=O)N4CC=C(c5c[nH]c6ncccc56)CC4)cccc3c2C1. The molecule has 0 saturated carbocycles. The third kappa shape index (κ3) is 2.99. The number of hydrogen-bond donors (Lipinski definition) is 2. The van der Waals surface area contributed by atoms with E-state index in [0.717, 1.165) is 47.9 Å². The van der Waals surface area contributed by atoms with Gasteiger partial charge in [-0.2, -0.15) is 0 Å². The molecular weight excluding hydrogens is 384 g/mol. The molecule has 1 amide bonds. The molecule has 1 aromatic carbocycles. The standard InChI is InChI=1S/C26H26N4O/c1-16-7-8-23-21(14-16)18-4-2-5-20(24(18)29-23)26(31)30-12-9-17(10-13-30)22-15-28-25-19(22)6-3-11-27-25/h2-6,9,11,15-16,29H,7-8,10,12-14H2,1H3,(H,27,28). The lowest BCUT2D eigenvalue weighted by molar-refractivity contribution is 0.0774. The third-order valence-electron chi connectivity index (χ3n) is 6.99. The number of H-pyrrole nitrogens is 2. The number of aromatic nitrogens is 3. The monoisotopic (exact) mass is 410 g/mol. The Morgan fingerprint density at radius 1 is 1.16 bits per heavy atom. The summed E-state index contributed by atoms with van der Waals surface area (Å²) < 4.78 is 0. The van der Waals surface area contributed by atoms with Gasteiger partial charge in [-0.15, -0.1) is 0 Å². The Bertz CT molecular complexity index is 1340. The first-order valence-corrected chi connectivity index (χ1v) is 11.2. The minimum atomic E-state index is 0.119. The van der Waals surface area contributed by atoms with Crippen LogP contribution in [0.15, 0.2) is 48.8 Å². The van der Waals surface area contributed by atoms with Crippen molar-refractivity contribution in [2.24, 2.45) is 5.92 Å². The van der Waals surface area contributed by atoms with Crippen molar-refractivity contribution >= 4 is 33.4 Å². The maximum atomic E-state index is 13.5. The second-order valence-corrected chi connectivity index (χ2v) is 8.99. The second-order valence-electron chi connectivity index (χ2n) is 8.99. The van der Waals surface area contributed by atoms with E-state index in [0.29, 0.717) is 12.5 Å². The first kappa shape index (κ1) is 18.4. The van der Waals surface area contributed by atoms with Gasteiger partial charge in [0.05, 0.1) is 11.1 Å². The molecule has 31 heavy (non-hydrogen) atoms. The lowest BCUT2D eigenvalue weighted by Gasteiger charge is -2.26. The van der Waals surface area contributed by atoms with Crippen LogP contribution >= 0.6 is 0 Å². The van der Waals surface area contributed by atoms with Gasteiger partial charge < -0.3 is 14.9 Å². The molecule has 0 fully saturated rings. The molecule has 6 rings (SSSR count). The maximum absolute atomic E-state index is 13.5. The molecule has 0 spiro atoms. The summed E-state index contributed by atoms with van der Waals surface area (Å²) in [5.74, 6) is 0.823. The number of amides is 1. The number of fused-ring (bicyclic) bond motifs is 4. The van der Waals surface area contributed by atoms with Crippen LogP contribution in [0.5, 0.6) is 0 Å². The average Bonchev–Trinajstić information content (AvgIpc) is 3.40. The van der Waals surface area contributed by atoms with Crippen LogP contribution in [-0.2, 0) is 12.8 Å². The van der Waals surface area contributed by atoms with Crippen LogP contribution in [0.25, 0.3) is 27.5 Å². The van der Waals surface area contributed by atoms with Gasteiger partial charge >= 0.3 is 0 Å². The number of carbonyl (C=O) groups excluding carboxylic acids is 1. The van der Waals surface area contributed by atoms with Gasteiger partial charge in [0.15, 0.2) is 0 Å². The van der Waals surface area contributed by atoms with Crippen molar-refractivity contribution < 1.29 is 4.79 Å². The van der Waals surface area contributed by atoms with E-state index in [4.69, 9.17) is 0 Å². The smallest absolute Gasteiger partial charge is 0.256 e. The van der Waals surface area contributed by atoms with Crippen LogP contribution in [0.4, 0.5) is 0 Å². The molecule has 0 bridgehead atoms. The van der Waals surface area contributed by atoms with E-state index in [1.165, 1.54) is 34.2 Å². The molecule has 5 nitrogen and oxygen atoms in total. The Labute approximate surface area is 181 Å². The highest BCUT2D eigenvalue weighted by atomic mass is 16.2. The summed E-state index contributed by atoms with van der Waals surface area (Å²) in [6.07, 6.45) is 10.3. The van der Waals surface area contributed by atoms with E-state index in [2.05, 4.69) is 40.1 Å². The predicted octanol–water partition coefficient (Wildman–Crippen LogP) is 5.10. The minimum absolute atomic E-state index is 0.119. The number of benzene rings is 1. The second kappa shape index (κ2) is 7.12. The Hall–Kier alpha value is -3.34. The van der Waals surface area contributed by atoms with Gasteiger partial charge in [0.25, 0.3) is 5.91 Å². The summed E-state index contributed by atoms with van der Waals surface area (Å²) in [5, 5.41) is 2.37. The van der Waals surface area contributed by atoms with Crippen molar-refractivity contribution in [3.63, 3.8) is 0 Å². The number of aryl methyl sites for hydroxylation is 1. The van der Waals surface area contributed by atoms with E-state index in [1.54, 1.807) is 6.20 Å². The summed E-state index contributed by atoms with van der Waals surface area (Å²) in [4.78, 5) is 26.7. The van der Waals surface area contributed by atoms with Gasteiger partial charge in [0, 0.05) is 47.5 Å². The number of nitrogens with zero attached hydrogens (tertiary/aromatic N) is 2. The predicted molar refractivity (Wildman–Crippen MR) is 124 cm³/mol. The molecule has 5 heteroatoms. The molecule has 4 heterocycles. The average molecular weight is 411 g/mol. The Balaban J connectivity index is 1.29. The van der Waals surface area contributed by atoms with Crippen molar-refractivity contribution in [3.8, 4) is 0 Å². The van der Waals surface area contributed by atoms with E-state index >= 15 is 0 Å². The molecule has 3 aromatic heterocycles. The minimum Gasteiger partial charge on any atom is -0.358 e. The zero-order valence-corrected chi connectivity index (χ0v) is 17.7. The van der Waals surface area contributed by atoms with Crippen molar-refractivity contribution in [2.45, 2.75) is 32.6 Å². The van der Waals surface area contributed by atoms with Crippen molar-refractivity contribution in [3.05, 3.63) is 71.2 Å². The van der Waals surface area contributed by atoms with Gasteiger partial charge in [-0.05, 0) is 60.9 Å². The molecule has 0 saturated heterocycles. The third-order valence-corrected chi connectivity index (χ3v) is 6.99. The van der Waals surface area contributed by atoms with Crippen molar-refractivity contribution in [2.75, 3.05) is 13.1 Å². The number of hydrogen-bond acceptors (Lipinski definition) is 2. The van der Waals surface area contributed by atoms with Crippen LogP contribution in [0, 0.1) is 5.92 Å². The van der Waals surface area contributed by atoms with Gasteiger partial charge in [0.1, 0.15) is 5.65 Å². The van der Waals surface area contributed by atoms with Crippen molar-refractivity contribution in [1.29, 1.82) is 0 Å². The van der Waals surface area contributed by atoms with Crippen LogP contribution in [-0.4, -0.2) is 38.8 Å². The summed E-state index contributed by atoms with van der Waals surface area (Å²) >= 11 is 0. The van der Waals surface area contributed by atoms with Gasteiger partial charge in [-0.1, -0.05) is 25.1 Å². The number of pyridine rings is 1. The van der Waals surface area contributed by atoms with Gasteiger partial charge in [-0.3, -0.25) is 4.79 Å². The van der Waals surface area contributed by atoms with E-state index in [9.17, 15) is 4.79 Å². The zero-order valence-electron chi connectivity index (χ0n) is 17.7. The molecular formula is C26H26N4O. The van der Waals surface area contributed by atoms with Crippen LogP contribution in [0.1, 0.15) is 46.9 Å². The van der Waals surface area contributed by atoms with E-state index in [1.807, 2.05) is 29.3 Å². The van der Waals surface area contributed by atoms with E-state index in [-0.39, 0.29) is 5.91 Å². The van der Waals surface area contributed by atoms with Crippen LogP contribution in [0.3, 0.4) is 0 Å². The molecule has 1 aliphatic heterocycles. The summed E-state index contributed by atoms with van der Waals surface area (Å²) in [6, 6.07) is 10.2. The fraction of sp³-hybridized carbons (Fsp3) is 0.308. The largest absolute Gasteiger partial charge is 0.358 e. The van der Waals surface area contributed by atoms with Crippen molar-refractivity contribution in [1.82, 2.24) is 19.9 Å². The number of nitrogens with one attached hydrogen (secondary N) is 2. The fourth-order valence-electron chi connectivity index (χ4n) is 5.28. The molecule has 156 valence electrons. The van der Waals surface area contributed by atoms with Crippen LogP contribution < -0.4 is 0 Å². The topological polar surface area (TPSA) is 64.8 Å². The van der Waals surface area contributed by atoms with Gasteiger partial charge in [-0.25, -0.2) is 4.98 Å². The molecule has 0 radical (unpaired) electrons. The molecule has 1 aliphatic carbocycles. The molecule has 2 N–H and O–H groups in total. The molecule has 1 atom stereocenters. The molecule has 1 unspecified atom stereocenters. The lowest BCUT2D eigenvalue weighted by Crippen LogP contribution is -2.34. The first-order valence-electron chi connectivity index (χ1n) is 11.2. The number of para-hydroxylation sites is 1. The lowest BCUT2D eigenvalue weighted by atomic mass is 9.87. The van der Waals surface area contributed by atoms with Crippen LogP contribution in [0.2, 0.25) is 0 Å². The highest BCUT2D eigenvalue weighted by Crippen LogP contribution is 2.34. The summed E-state index contributed by atoms with van der Waals surface area (Å²) in [6.45, 7) is 3.68. The normalized spacial score (nSPS) is 18.9. The highest BCUT2D eigenvalue weighted by molar-refractivity contribution is 6.07. The van der Waals surface area contributed by atoms with Gasteiger partial charge in [0.2, 0.25) is 0 Å².